The third-order valence-electron chi connectivity index (χ3n) is 3.80. The molecule has 2 aromatic carbocycles. The van der Waals surface area contributed by atoms with Gasteiger partial charge in [0, 0.05) is 31.0 Å². The molecule has 1 heterocycles. The van der Waals surface area contributed by atoms with Crippen LogP contribution in [0.4, 0.5) is 11.4 Å². The summed E-state index contributed by atoms with van der Waals surface area (Å²) in [4.78, 5) is 24.8. The van der Waals surface area contributed by atoms with Crippen LogP contribution in [0.25, 0.3) is 0 Å². The first-order valence-corrected chi connectivity index (χ1v) is 9.02. The van der Waals surface area contributed by atoms with Crippen LogP contribution >= 0.6 is 0 Å². The first kappa shape index (κ1) is 17.0. The standard InChI is InChI=1S/C17H17N3O4S/c1-20(2)17(22)11-3-5-13(6-4-11)19-25(23,24)14-7-8-15-12(9-14)10-16(21)18-15/h3-9,19H,10H2,1-2H3,(H,18,21). The van der Waals surface area contributed by atoms with Gasteiger partial charge in [-0.25, -0.2) is 8.42 Å². The number of nitrogens with one attached hydrogen (secondary N) is 2. The number of benzene rings is 2. The van der Waals surface area contributed by atoms with Crippen molar-refractivity contribution in [2.45, 2.75) is 11.3 Å². The molecule has 0 fully saturated rings. The van der Waals surface area contributed by atoms with Crippen molar-refractivity contribution in [2.75, 3.05) is 24.1 Å². The van der Waals surface area contributed by atoms with E-state index in [0.717, 1.165) is 0 Å². The minimum atomic E-state index is -3.79. The highest BCUT2D eigenvalue weighted by atomic mass is 32.2. The fraction of sp³-hybridized carbons (Fsp3) is 0.176. The van der Waals surface area contributed by atoms with E-state index in [1.807, 2.05) is 0 Å². The average molecular weight is 359 g/mol. The van der Waals surface area contributed by atoms with Gasteiger partial charge < -0.3 is 10.2 Å². The molecule has 1 aliphatic heterocycles. The number of nitrogens with zero attached hydrogens (tertiary/aromatic N) is 1. The van der Waals surface area contributed by atoms with Crippen LogP contribution in [0, 0.1) is 0 Å². The van der Waals surface area contributed by atoms with Crippen LogP contribution < -0.4 is 10.0 Å². The summed E-state index contributed by atoms with van der Waals surface area (Å²) in [5, 5.41) is 2.66. The Hall–Kier alpha value is -2.87. The Bertz CT molecular complexity index is 950. The van der Waals surface area contributed by atoms with Gasteiger partial charge in [0.25, 0.3) is 15.9 Å². The lowest BCUT2D eigenvalue weighted by Crippen LogP contribution is -2.21. The minimum Gasteiger partial charge on any atom is -0.345 e. The molecule has 0 unspecified atom stereocenters. The Kier molecular flexibility index (Phi) is 4.22. The van der Waals surface area contributed by atoms with Gasteiger partial charge in [-0.05, 0) is 48.0 Å². The molecule has 130 valence electrons. The molecule has 8 heteroatoms. The number of anilines is 2. The van der Waals surface area contributed by atoms with Crippen LogP contribution in [0.2, 0.25) is 0 Å². The van der Waals surface area contributed by atoms with Crippen molar-refractivity contribution in [1.29, 1.82) is 0 Å². The number of amides is 2. The quantitative estimate of drug-likeness (QED) is 0.868. The molecule has 0 saturated carbocycles. The molecule has 0 saturated heterocycles. The molecular formula is C17H17N3O4S. The van der Waals surface area contributed by atoms with Gasteiger partial charge in [0.05, 0.1) is 11.3 Å². The van der Waals surface area contributed by atoms with E-state index in [2.05, 4.69) is 10.0 Å². The van der Waals surface area contributed by atoms with E-state index in [9.17, 15) is 18.0 Å². The first-order chi connectivity index (χ1) is 11.8. The lowest BCUT2D eigenvalue weighted by atomic mass is 10.2. The summed E-state index contributed by atoms with van der Waals surface area (Å²) >= 11 is 0. The molecule has 0 spiro atoms. The monoisotopic (exact) mass is 359 g/mol. The number of hydrogen-bond donors (Lipinski definition) is 2. The van der Waals surface area contributed by atoms with Gasteiger partial charge in [-0.2, -0.15) is 0 Å². The van der Waals surface area contributed by atoms with Gasteiger partial charge >= 0.3 is 0 Å². The Labute approximate surface area is 145 Å². The number of fused-ring (bicyclic) bond motifs is 1. The summed E-state index contributed by atoms with van der Waals surface area (Å²) in [6.07, 6.45) is 0.167. The maximum Gasteiger partial charge on any atom is 0.261 e. The normalized spacial score (nSPS) is 13.1. The molecule has 2 amide bonds. The second kappa shape index (κ2) is 6.21. The first-order valence-electron chi connectivity index (χ1n) is 7.53. The summed E-state index contributed by atoms with van der Waals surface area (Å²) in [5.74, 6) is -0.316. The van der Waals surface area contributed by atoms with Crippen molar-refractivity contribution in [1.82, 2.24) is 4.90 Å². The number of hydrogen-bond acceptors (Lipinski definition) is 4. The molecule has 0 aliphatic carbocycles. The molecular weight excluding hydrogens is 342 g/mol. The average Bonchev–Trinajstić information content (AvgIpc) is 2.93. The van der Waals surface area contributed by atoms with E-state index in [-0.39, 0.29) is 23.1 Å². The summed E-state index contributed by atoms with van der Waals surface area (Å²) in [7, 11) is -0.496. The van der Waals surface area contributed by atoms with Crippen molar-refractivity contribution in [3.8, 4) is 0 Å². The molecule has 2 aromatic rings. The van der Waals surface area contributed by atoms with Crippen molar-refractivity contribution >= 4 is 33.2 Å². The summed E-state index contributed by atoms with van der Waals surface area (Å²) in [6, 6.07) is 10.7. The maximum atomic E-state index is 12.5. The van der Waals surface area contributed by atoms with Crippen LogP contribution in [-0.2, 0) is 21.2 Å². The topological polar surface area (TPSA) is 95.6 Å². The third-order valence-corrected chi connectivity index (χ3v) is 5.18. The van der Waals surface area contributed by atoms with E-state index in [4.69, 9.17) is 0 Å². The molecule has 0 radical (unpaired) electrons. The number of sulfonamides is 1. The fourth-order valence-electron chi connectivity index (χ4n) is 2.53. The van der Waals surface area contributed by atoms with Gasteiger partial charge in [-0.15, -0.1) is 0 Å². The number of carbonyl (C=O) groups excluding carboxylic acids is 2. The van der Waals surface area contributed by atoms with Crippen LogP contribution in [0.1, 0.15) is 15.9 Å². The molecule has 0 atom stereocenters. The molecule has 7 nitrogen and oxygen atoms in total. The highest BCUT2D eigenvalue weighted by molar-refractivity contribution is 7.92. The highest BCUT2D eigenvalue weighted by Gasteiger charge is 2.22. The largest absolute Gasteiger partial charge is 0.345 e. The number of carbonyl (C=O) groups is 2. The summed E-state index contributed by atoms with van der Waals surface area (Å²) < 4.78 is 27.5. The zero-order chi connectivity index (χ0) is 18.2. The summed E-state index contributed by atoms with van der Waals surface area (Å²) in [5.41, 5.74) is 2.11. The van der Waals surface area contributed by atoms with E-state index in [1.54, 1.807) is 32.3 Å². The van der Waals surface area contributed by atoms with Gasteiger partial charge in [-0.1, -0.05) is 0 Å². The molecule has 0 bridgehead atoms. The molecule has 0 aromatic heterocycles. The molecule has 2 N–H and O–H groups in total. The lowest BCUT2D eigenvalue weighted by Gasteiger charge is -2.12. The third kappa shape index (κ3) is 3.48. The van der Waals surface area contributed by atoms with E-state index >= 15 is 0 Å². The van der Waals surface area contributed by atoms with Crippen LogP contribution in [0.5, 0.6) is 0 Å². The minimum absolute atomic E-state index is 0.0798. The van der Waals surface area contributed by atoms with E-state index in [0.29, 0.717) is 22.5 Å². The molecule has 25 heavy (non-hydrogen) atoms. The molecule has 1 aliphatic rings. The van der Waals surface area contributed by atoms with Crippen molar-refractivity contribution < 1.29 is 18.0 Å². The van der Waals surface area contributed by atoms with Gasteiger partial charge in [0.2, 0.25) is 5.91 Å². The zero-order valence-corrected chi connectivity index (χ0v) is 14.6. The zero-order valence-electron chi connectivity index (χ0n) is 13.7. The van der Waals surface area contributed by atoms with E-state index in [1.165, 1.54) is 29.2 Å². The smallest absolute Gasteiger partial charge is 0.261 e. The van der Waals surface area contributed by atoms with Gasteiger partial charge in [0.1, 0.15) is 0 Å². The predicted molar refractivity (Wildman–Crippen MR) is 94.0 cm³/mol. The fourth-order valence-corrected chi connectivity index (χ4v) is 3.63. The van der Waals surface area contributed by atoms with Crippen LogP contribution in [-0.4, -0.2) is 39.2 Å². The Balaban J connectivity index is 1.81. The van der Waals surface area contributed by atoms with Crippen LogP contribution in [0.3, 0.4) is 0 Å². The second-order valence-corrected chi connectivity index (χ2v) is 7.61. The van der Waals surface area contributed by atoms with Crippen molar-refractivity contribution in [3.63, 3.8) is 0 Å². The summed E-state index contributed by atoms with van der Waals surface area (Å²) in [6.45, 7) is 0. The van der Waals surface area contributed by atoms with Gasteiger partial charge in [0.15, 0.2) is 0 Å². The van der Waals surface area contributed by atoms with Crippen LogP contribution in [0.15, 0.2) is 47.4 Å². The Morgan fingerprint density at radius 2 is 1.80 bits per heavy atom. The van der Waals surface area contributed by atoms with Crippen molar-refractivity contribution in [2.24, 2.45) is 0 Å². The number of rotatable bonds is 4. The maximum absolute atomic E-state index is 12.5. The van der Waals surface area contributed by atoms with Crippen molar-refractivity contribution in [3.05, 3.63) is 53.6 Å². The Morgan fingerprint density at radius 1 is 1.12 bits per heavy atom. The highest BCUT2D eigenvalue weighted by Crippen LogP contribution is 2.26. The Morgan fingerprint density at radius 3 is 2.44 bits per heavy atom. The lowest BCUT2D eigenvalue weighted by molar-refractivity contribution is -0.115. The second-order valence-electron chi connectivity index (χ2n) is 5.93. The SMILES string of the molecule is CN(C)C(=O)c1ccc(NS(=O)(=O)c2ccc3c(c2)CC(=O)N3)cc1. The van der Waals surface area contributed by atoms with Gasteiger partial charge in [-0.3, -0.25) is 14.3 Å². The molecule has 3 rings (SSSR count). The van der Waals surface area contributed by atoms with E-state index < -0.39 is 10.0 Å². The predicted octanol–water partition coefficient (Wildman–Crippen LogP) is 1.68.